The lowest BCUT2D eigenvalue weighted by Gasteiger charge is -2.25. The second-order valence-corrected chi connectivity index (χ2v) is 4.79. The third kappa shape index (κ3) is 2.16. The van der Waals surface area contributed by atoms with Crippen LogP contribution in [0.5, 0.6) is 0 Å². The molecule has 1 aliphatic rings. The fraction of sp³-hybridized carbons (Fsp3) is 0.364. The van der Waals surface area contributed by atoms with Crippen molar-refractivity contribution >= 4 is 17.7 Å². The Bertz CT molecular complexity index is 359. The summed E-state index contributed by atoms with van der Waals surface area (Å²) in [6, 6.07) is 6.70. The SMILES string of the molecule is NC(C(=O)O)c1ccc(C2CSC2)cc1. The Labute approximate surface area is 92.7 Å². The standard InChI is InChI=1S/C11H13NO2S/c12-10(11(13)14)8-3-1-7(2-4-8)9-5-15-6-9/h1-4,9-10H,5-6,12H2,(H,13,14). The zero-order chi connectivity index (χ0) is 10.8. The molecule has 1 heterocycles. The van der Waals surface area contributed by atoms with Crippen molar-refractivity contribution in [1.82, 2.24) is 0 Å². The van der Waals surface area contributed by atoms with Gasteiger partial charge < -0.3 is 10.8 Å². The lowest BCUT2D eigenvalue weighted by molar-refractivity contribution is -0.138. The Morgan fingerprint density at radius 2 is 2.00 bits per heavy atom. The molecule has 0 aliphatic carbocycles. The van der Waals surface area contributed by atoms with Crippen LogP contribution in [0.1, 0.15) is 23.1 Å². The first kappa shape index (κ1) is 10.5. The topological polar surface area (TPSA) is 63.3 Å². The highest BCUT2D eigenvalue weighted by molar-refractivity contribution is 8.00. The van der Waals surface area contributed by atoms with Crippen LogP contribution in [0.4, 0.5) is 0 Å². The van der Waals surface area contributed by atoms with E-state index in [2.05, 4.69) is 0 Å². The van der Waals surface area contributed by atoms with Crippen LogP contribution in [-0.4, -0.2) is 22.6 Å². The Balaban J connectivity index is 2.12. The smallest absolute Gasteiger partial charge is 0.325 e. The fourth-order valence-corrected chi connectivity index (χ4v) is 2.40. The van der Waals surface area contributed by atoms with Crippen LogP contribution in [-0.2, 0) is 4.79 Å². The van der Waals surface area contributed by atoms with Gasteiger partial charge in [0.05, 0.1) is 0 Å². The van der Waals surface area contributed by atoms with Crippen LogP contribution in [0.2, 0.25) is 0 Å². The van der Waals surface area contributed by atoms with Crippen LogP contribution in [0.25, 0.3) is 0 Å². The van der Waals surface area contributed by atoms with Crippen LogP contribution < -0.4 is 5.73 Å². The Morgan fingerprint density at radius 1 is 1.40 bits per heavy atom. The van der Waals surface area contributed by atoms with Gasteiger partial charge in [0.2, 0.25) is 0 Å². The van der Waals surface area contributed by atoms with E-state index in [1.54, 1.807) is 0 Å². The van der Waals surface area contributed by atoms with E-state index in [0.29, 0.717) is 11.5 Å². The average Bonchev–Trinajstić information content (AvgIpc) is 2.15. The number of carbonyl (C=O) groups is 1. The average molecular weight is 223 g/mol. The third-order valence-electron chi connectivity index (χ3n) is 2.67. The molecular formula is C11H13NO2S. The molecule has 2 rings (SSSR count). The van der Waals surface area contributed by atoms with Gasteiger partial charge in [0, 0.05) is 17.4 Å². The van der Waals surface area contributed by atoms with Crippen molar-refractivity contribution in [3.8, 4) is 0 Å². The van der Waals surface area contributed by atoms with E-state index in [-0.39, 0.29) is 0 Å². The molecule has 0 bridgehead atoms. The first-order valence-electron chi connectivity index (χ1n) is 4.84. The van der Waals surface area contributed by atoms with E-state index in [9.17, 15) is 4.79 Å². The number of carboxylic acid groups (broad SMARTS) is 1. The molecule has 1 aromatic carbocycles. The molecule has 1 aromatic rings. The lowest BCUT2D eigenvalue weighted by Crippen LogP contribution is -2.21. The lowest BCUT2D eigenvalue weighted by atomic mass is 9.98. The van der Waals surface area contributed by atoms with Crippen molar-refractivity contribution in [1.29, 1.82) is 0 Å². The van der Waals surface area contributed by atoms with Gasteiger partial charge in [-0.2, -0.15) is 11.8 Å². The molecule has 3 nitrogen and oxygen atoms in total. The highest BCUT2D eigenvalue weighted by atomic mass is 32.2. The highest BCUT2D eigenvalue weighted by Gasteiger charge is 2.20. The largest absolute Gasteiger partial charge is 0.480 e. The summed E-state index contributed by atoms with van der Waals surface area (Å²) in [5.41, 5.74) is 7.46. The summed E-state index contributed by atoms with van der Waals surface area (Å²) in [5.74, 6) is 2.00. The molecule has 80 valence electrons. The predicted molar refractivity (Wildman–Crippen MR) is 61.1 cm³/mol. The van der Waals surface area contributed by atoms with E-state index in [0.717, 1.165) is 0 Å². The van der Waals surface area contributed by atoms with Crippen molar-refractivity contribution < 1.29 is 9.90 Å². The second-order valence-electron chi connectivity index (χ2n) is 3.72. The molecule has 0 saturated carbocycles. The first-order chi connectivity index (χ1) is 7.18. The van der Waals surface area contributed by atoms with E-state index in [4.69, 9.17) is 10.8 Å². The molecule has 0 amide bonds. The number of hydrogen-bond donors (Lipinski definition) is 2. The fourth-order valence-electron chi connectivity index (χ4n) is 1.55. The highest BCUT2D eigenvalue weighted by Crippen LogP contribution is 2.34. The maximum absolute atomic E-state index is 10.7. The van der Waals surface area contributed by atoms with Gasteiger partial charge in [-0.05, 0) is 11.1 Å². The number of carboxylic acids is 1. The van der Waals surface area contributed by atoms with E-state index >= 15 is 0 Å². The predicted octanol–water partition coefficient (Wildman–Crippen LogP) is 1.60. The molecule has 0 radical (unpaired) electrons. The Kier molecular flexibility index (Phi) is 2.98. The molecule has 0 aromatic heterocycles. The molecule has 0 spiro atoms. The minimum atomic E-state index is -0.984. The van der Waals surface area contributed by atoms with Gasteiger partial charge in [-0.25, -0.2) is 0 Å². The minimum Gasteiger partial charge on any atom is -0.480 e. The van der Waals surface area contributed by atoms with Crippen molar-refractivity contribution in [3.05, 3.63) is 35.4 Å². The van der Waals surface area contributed by atoms with Gasteiger partial charge >= 0.3 is 5.97 Å². The molecule has 15 heavy (non-hydrogen) atoms. The van der Waals surface area contributed by atoms with Gasteiger partial charge in [0.1, 0.15) is 6.04 Å². The van der Waals surface area contributed by atoms with Crippen molar-refractivity contribution in [3.63, 3.8) is 0 Å². The first-order valence-corrected chi connectivity index (χ1v) is 6.00. The molecule has 3 N–H and O–H groups in total. The Morgan fingerprint density at radius 3 is 2.40 bits per heavy atom. The van der Waals surface area contributed by atoms with Crippen LogP contribution in [0.3, 0.4) is 0 Å². The molecular weight excluding hydrogens is 210 g/mol. The third-order valence-corrected chi connectivity index (χ3v) is 3.95. The van der Waals surface area contributed by atoms with Crippen LogP contribution in [0, 0.1) is 0 Å². The monoisotopic (exact) mass is 223 g/mol. The summed E-state index contributed by atoms with van der Waals surface area (Å²) in [4.78, 5) is 10.7. The number of hydrogen-bond acceptors (Lipinski definition) is 3. The summed E-state index contributed by atoms with van der Waals surface area (Å²) in [7, 11) is 0. The molecule has 1 unspecified atom stereocenters. The molecule has 1 fully saturated rings. The summed E-state index contributed by atoms with van der Waals surface area (Å²) >= 11 is 1.94. The van der Waals surface area contributed by atoms with Gasteiger partial charge in [0.25, 0.3) is 0 Å². The van der Waals surface area contributed by atoms with E-state index in [1.165, 1.54) is 17.1 Å². The number of benzene rings is 1. The van der Waals surface area contributed by atoms with Crippen LogP contribution >= 0.6 is 11.8 Å². The van der Waals surface area contributed by atoms with E-state index in [1.807, 2.05) is 36.0 Å². The van der Waals surface area contributed by atoms with Crippen molar-refractivity contribution in [2.24, 2.45) is 5.73 Å². The van der Waals surface area contributed by atoms with Crippen molar-refractivity contribution in [2.45, 2.75) is 12.0 Å². The second kappa shape index (κ2) is 4.24. The number of rotatable bonds is 3. The van der Waals surface area contributed by atoms with Gasteiger partial charge in [-0.15, -0.1) is 0 Å². The molecule has 1 aliphatic heterocycles. The zero-order valence-corrected chi connectivity index (χ0v) is 9.04. The summed E-state index contributed by atoms with van der Waals surface area (Å²) in [6.07, 6.45) is 0. The molecule has 1 atom stereocenters. The maximum Gasteiger partial charge on any atom is 0.325 e. The van der Waals surface area contributed by atoms with Gasteiger partial charge in [-0.1, -0.05) is 24.3 Å². The van der Waals surface area contributed by atoms with Gasteiger partial charge in [0.15, 0.2) is 0 Å². The number of thioether (sulfide) groups is 1. The number of aliphatic carboxylic acids is 1. The minimum absolute atomic E-state index is 0.644. The van der Waals surface area contributed by atoms with E-state index < -0.39 is 12.0 Å². The van der Waals surface area contributed by atoms with Gasteiger partial charge in [-0.3, -0.25) is 4.79 Å². The quantitative estimate of drug-likeness (QED) is 0.817. The summed E-state index contributed by atoms with van der Waals surface area (Å²) in [5, 5.41) is 8.74. The molecule has 1 saturated heterocycles. The normalized spacial score (nSPS) is 18.2. The molecule has 4 heteroatoms. The summed E-state index contributed by atoms with van der Waals surface area (Å²) < 4.78 is 0. The Hall–Kier alpha value is -1.00. The maximum atomic E-state index is 10.7. The zero-order valence-electron chi connectivity index (χ0n) is 8.22. The summed E-state index contributed by atoms with van der Waals surface area (Å²) in [6.45, 7) is 0. The van der Waals surface area contributed by atoms with Crippen molar-refractivity contribution in [2.75, 3.05) is 11.5 Å². The number of nitrogens with two attached hydrogens (primary N) is 1. The van der Waals surface area contributed by atoms with Crippen LogP contribution in [0.15, 0.2) is 24.3 Å².